The first kappa shape index (κ1) is 15.0. The summed E-state index contributed by atoms with van der Waals surface area (Å²) in [4.78, 5) is 22.4. The summed E-state index contributed by atoms with van der Waals surface area (Å²) in [6, 6.07) is 6.02. The van der Waals surface area contributed by atoms with Crippen molar-refractivity contribution >= 4 is 11.9 Å². The maximum Gasteiger partial charge on any atom is 0.400 e. The van der Waals surface area contributed by atoms with Crippen LogP contribution in [0.25, 0.3) is 0 Å². The van der Waals surface area contributed by atoms with Gasteiger partial charge in [-0.1, -0.05) is 30.3 Å². The van der Waals surface area contributed by atoms with Crippen LogP contribution in [-0.2, 0) is 9.59 Å². The molecule has 0 aliphatic carbocycles. The van der Waals surface area contributed by atoms with Gasteiger partial charge in [-0.2, -0.15) is 13.2 Å². The van der Waals surface area contributed by atoms with Crippen LogP contribution in [0.2, 0.25) is 0 Å². The second-order valence-electron chi connectivity index (χ2n) is 3.95. The number of carboxylic acids is 1. The molecule has 0 aliphatic heterocycles. The van der Waals surface area contributed by atoms with Crippen LogP contribution in [0.1, 0.15) is 18.5 Å². The number of benzene rings is 1. The van der Waals surface area contributed by atoms with E-state index in [1.165, 1.54) is 24.3 Å². The third-order valence-corrected chi connectivity index (χ3v) is 2.55. The molecule has 7 heteroatoms. The number of carbonyl (C=O) groups excluding carboxylic acids is 1. The zero-order valence-electron chi connectivity index (χ0n) is 9.94. The Labute approximate surface area is 107 Å². The lowest BCUT2D eigenvalue weighted by Crippen LogP contribution is -2.41. The number of alkyl halides is 3. The fourth-order valence-corrected chi connectivity index (χ4v) is 1.35. The van der Waals surface area contributed by atoms with Crippen LogP contribution in [0.4, 0.5) is 13.2 Å². The van der Waals surface area contributed by atoms with Crippen LogP contribution in [0, 0.1) is 5.92 Å². The van der Waals surface area contributed by atoms with Gasteiger partial charge in [-0.25, -0.2) is 4.79 Å². The topological polar surface area (TPSA) is 66.4 Å². The molecule has 104 valence electrons. The van der Waals surface area contributed by atoms with E-state index in [0.717, 1.165) is 0 Å². The Morgan fingerprint density at radius 1 is 1.21 bits per heavy atom. The summed E-state index contributed by atoms with van der Waals surface area (Å²) < 4.78 is 37.0. The van der Waals surface area contributed by atoms with Crippen molar-refractivity contribution in [2.75, 3.05) is 0 Å². The van der Waals surface area contributed by atoms with Crippen molar-refractivity contribution in [3.8, 4) is 0 Å². The second kappa shape index (κ2) is 5.73. The number of hydrogen-bond donors (Lipinski definition) is 2. The largest absolute Gasteiger partial charge is 0.479 e. The molecule has 19 heavy (non-hydrogen) atoms. The van der Waals surface area contributed by atoms with Crippen LogP contribution in [0.5, 0.6) is 0 Å². The summed E-state index contributed by atoms with van der Waals surface area (Å²) in [5.74, 6) is -5.06. The number of carbonyl (C=O) groups is 2. The van der Waals surface area contributed by atoms with Gasteiger partial charge in [0.25, 0.3) is 0 Å². The van der Waals surface area contributed by atoms with Gasteiger partial charge in [-0.3, -0.25) is 4.79 Å². The molecule has 0 fully saturated rings. The predicted molar refractivity (Wildman–Crippen MR) is 60.2 cm³/mol. The molecule has 4 nitrogen and oxygen atoms in total. The molecule has 1 unspecified atom stereocenters. The summed E-state index contributed by atoms with van der Waals surface area (Å²) in [6.45, 7) is 0.680. The Kier molecular flexibility index (Phi) is 4.52. The molecule has 0 radical (unpaired) electrons. The van der Waals surface area contributed by atoms with E-state index in [2.05, 4.69) is 0 Å². The van der Waals surface area contributed by atoms with Gasteiger partial charge >= 0.3 is 12.1 Å². The summed E-state index contributed by atoms with van der Waals surface area (Å²) in [5.41, 5.74) is 0.206. The average molecular weight is 275 g/mol. The molecule has 0 bridgehead atoms. The monoisotopic (exact) mass is 275 g/mol. The summed E-state index contributed by atoms with van der Waals surface area (Å²) >= 11 is 0. The molecule has 0 aromatic heterocycles. The molecule has 0 heterocycles. The first-order valence-electron chi connectivity index (χ1n) is 5.38. The van der Waals surface area contributed by atoms with Crippen LogP contribution < -0.4 is 5.32 Å². The van der Waals surface area contributed by atoms with Gasteiger partial charge in [-0.15, -0.1) is 0 Å². The zero-order valence-corrected chi connectivity index (χ0v) is 9.94. The molecule has 2 atom stereocenters. The van der Waals surface area contributed by atoms with Crippen LogP contribution >= 0.6 is 0 Å². The van der Waals surface area contributed by atoms with Crippen LogP contribution in [0.3, 0.4) is 0 Å². The average Bonchev–Trinajstić information content (AvgIpc) is 2.34. The van der Waals surface area contributed by atoms with Crippen molar-refractivity contribution in [1.29, 1.82) is 0 Å². The Morgan fingerprint density at radius 3 is 2.16 bits per heavy atom. The number of nitrogens with one attached hydrogen (secondary N) is 1. The highest BCUT2D eigenvalue weighted by molar-refractivity contribution is 5.86. The second-order valence-corrected chi connectivity index (χ2v) is 3.95. The Bertz CT molecular complexity index is 459. The van der Waals surface area contributed by atoms with E-state index in [-0.39, 0.29) is 5.56 Å². The van der Waals surface area contributed by atoms with Gasteiger partial charge in [0.05, 0.1) is 0 Å². The highest BCUT2D eigenvalue weighted by atomic mass is 19.4. The fourth-order valence-electron chi connectivity index (χ4n) is 1.35. The van der Waals surface area contributed by atoms with Gasteiger partial charge in [0.15, 0.2) is 6.04 Å². The standard InChI is InChI=1S/C12H12F3NO3/c1-7(12(13,14)15)10(17)16-9(11(18)19)8-5-3-2-4-6-8/h2-7,9H,1H3,(H,16,17)(H,18,19)/t7?,9-/m1/s1. The minimum Gasteiger partial charge on any atom is -0.479 e. The number of aliphatic carboxylic acids is 1. The van der Waals surface area contributed by atoms with Crippen molar-refractivity contribution < 1.29 is 27.9 Å². The molecule has 2 N–H and O–H groups in total. The summed E-state index contributed by atoms with van der Waals surface area (Å²) in [5, 5.41) is 10.8. The van der Waals surface area contributed by atoms with Crippen molar-refractivity contribution in [2.24, 2.45) is 5.92 Å². The fraction of sp³-hybridized carbons (Fsp3) is 0.333. The Morgan fingerprint density at radius 2 is 1.74 bits per heavy atom. The van der Waals surface area contributed by atoms with E-state index in [1.807, 2.05) is 5.32 Å². The number of rotatable bonds is 4. The van der Waals surface area contributed by atoms with Gasteiger partial charge < -0.3 is 10.4 Å². The normalized spacial score (nSPS) is 14.5. The van der Waals surface area contributed by atoms with Gasteiger partial charge in [-0.05, 0) is 12.5 Å². The third kappa shape index (κ3) is 3.97. The van der Waals surface area contributed by atoms with E-state index in [0.29, 0.717) is 6.92 Å². The molecule has 1 rings (SSSR count). The number of halogens is 3. The SMILES string of the molecule is CC(C(=O)N[C@@H](C(=O)O)c1ccccc1)C(F)(F)F. The van der Waals surface area contributed by atoms with Gasteiger partial charge in [0, 0.05) is 0 Å². The molecule has 0 saturated carbocycles. The maximum absolute atomic E-state index is 12.3. The highest BCUT2D eigenvalue weighted by Gasteiger charge is 2.42. The molecular formula is C12H12F3NO3. The molecule has 0 saturated heterocycles. The lowest BCUT2D eigenvalue weighted by atomic mass is 10.1. The van der Waals surface area contributed by atoms with E-state index in [4.69, 9.17) is 5.11 Å². The lowest BCUT2D eigenvalue weighted by Gasteiger charge is -2.19. The minimum absolute atomic E-state index is 0.206. The van der Waals surface area contributed by atoms with Gasteiger partial charge in [0.1, 0.15) is 5.92 Å². The minimum atomic E-state index is -4.70. The van der Waals surface area contributed by atoms with Crippen molar-refractivity contribution in [3.63, 3.8) is 0 Å². The molecular weight excluding hydrogens is 263 g/mol. The number of hydrogen-bond acceptors (Lipinski definition) is 2. The van der Waals surface area contributed by atoms with E-state index in [1.54, 1.807) is 6.07 Å². The van der Waals surface area contributed by atoms with Crippen LogP contribution in [0.15, 0.2) is 30.3 Å². The van der Waals surface area contributed by atoms with Gasteiger partial charge in [0.2, 0.25) is 5.91 Å². The predicted octanol–water partition coefficient (Wildman–Crippen LogP) is 2.13. The van der Waals surface area contributed by atoms with Crippen molar-refractivity contribution in [3.05, 3.63) is 35.9 Å². The smallest absolute Gasteiger partial charge is 0.400 e. The quantitative estimate of drug-likeness (QED) is 0.884. The number of carboxylic acid groups (broad SMARTS) is 1. The van der Waals surface area contributed by atoms with Crippen LogP contribution in [-0.4, -0.2) is 23.2 Å². The van der Waals surface area contributed by atoms with E-state index >= 15 is 0 Å². The first-order chi connectivity index (χ1) is 8.73. The summed E-state index contributed by atoms with van der Waals surface area (Å²) in [6.07, 6.45) is -4.70. The Hall–Kier alpha value is -2.05. The zero-order chi connectivity index (χ0) is 14.6. The highest BCUT2D eigenvalue weighted by Crippen LogP contribution is 2.26. The first-order valence-corrected chi connectivity index (χ1v) is 5.38. The van der Waals surface area contributed by atoms with E-state index in [9.17, 15) is 22.8 Å². The van der Waals surface area contributed by atoms with Crippen molar-refractivity contribution in [1.82, 2.24) is 5.32 Å². The van der Waals surface area contributed by atoms with Crippen molar-refractivity contribution in [2.45, 2.75) is 19.1 Å². The lowest BCUT2D eigenvalue weighted by molar-refractivity contribution is -0.180. The number of amides is 1. The molecule has 1 amide bonds. The molecule has 0 spiro atoms. The molecule has 0 aliphatic rings. The molecule has 1 aromatic rings. The van der Waals surface area contributed by atoms with E-state index < -0.39 is 30.0 Å². The summed E-state index contributed by atoms with van der Waals surface area (Å²) in [7, 11) is 0. The maximum atomic E-state index is 12.3. The third-order valence-electron chi connectivity index (χ3n) is 2.55. The Balaban J connectivity index is 2.87. The molecule has 1 aromatic carbocycles.